The first-order valence-corrected chi connectivity index (χ1v) is 11.3. The number of amides is 1. The van der Waals surface area contributed by atoms with Gasteiger partial charge in [0.1, 0.15) is 11.8 Å². The molecule has 10 heteroatoms. The van der Waals surface area contributed by atoms with Crippen molar-refractivity contribution in [1.29, 1.82) is 0 Å². The van der Waals surface area contributed by atoms with Gasteiger partial charge in [-0.1, -0.05) is 41.9 Å². The summed E-state index contributed by atoms with van der Waals surface area (Å²) in [5.74, 6) is -0.360. The number of carbonyl (C=O) groups is 2. The van der Waals surface area contributed by atoms with Gasteiger partial charge < -0.3 is 14.8 Å². The Labute approximate surface area is 202 Å². The van der Waals surface area contributed by atoms with Gasteiger partial charge in [-0.3, -0.25) is 14.6 Å². The maximum absolute atomic E-state index is 12.5. The summed E-state index contributed by atoms with van der Waals surface area (Å²) in [6.07, 6.45) is 0.577. The van der Waals surface area contributed by atoms with Crippen molar-refractivity contribution in [3.63, 3.8) is 0 Å². The molecule has 1 amide bonds. The number of piperazine rings is 1. The quantitative estimate of drug-likeness (QED) is 0.511. The van der Waals surface area contributed by atoms with E-state index < -0.39 is 12.7 Å². The normalized spacial score (nSPS) is 15.7. The summed E-state index contributed by atoms with van der Waals surface area (Å²) in [5, 5.41) is 3.39. The number of benzene rings is 2. The Morgan fingerprint density at radius 3 is 2.35 bits per heavy atom. The number of hydrogen-bond donors (Lipinski definition) is 1. The molecule has 3 rings (SSSR count). The van der Waals surface area contributed by atoms with E-state index in [0.29, 0.717) is 49.7 Å². The van der Waals surface area contributed by atoms with E-state index in [1.54, 1.807) is 18.2 Å². The Hall–Kier alpha value is -2.75. The van der Waals surface area contributed by atoms with Gasteiger partial charge in [0.05, 0.1) is 13.7 Å². The van der Waals surface area contributed by atoms with Crippen LogP contribution in [0.1, 0.15) is 17.2 Å². The van der Waals surface area contributed by atoms with E-state index in [1.165, 1.54) is 19.2 Å². The lowest BCUT2D eigenvalue weighted by molar-refractivity contribution is -0.148. The van der Waals surface area contributed by atoms with Gasteiger partial charge in [0, 0.05) is 37.7 Å². The highest BCUT2D eigenvalue weighted by atomic mass is 35.5. The molecular formula is C24H28ClF2N3O4. The second-order valence-electron chi connectivity index (χ2n) is 7.88. The molecule has 1 heterocycles. The third-order valence-electron chi connectivity index (χ3n) is 5.65. The van der Waals surface area contributed by atoms with Crippen molar-refractivity contribution < 1.29 is 27.8 Å². The molecule has 0 aromatic heterocycles. The molecule has 1 N–H and O–H groups in total. The largest absolute Gasteiger partial charge is 0.468 e. The fourth-order valence-corrected chi connectivity index (χ4v) is 4.14. The number of alkyl halides is 2. The number of carbonyl (C=O) groups excluding carboxylic acids is 2. The van der Waals surface area contributed by atoms with Gasteiger partial charge in [-0.05, 0) is 35.7 Å². The zero-order valence-corrected chi connectivity index (χ0v) is 19.6. The van der Waals surface area contributed by atoms with E-state index >= 15 is 0 Å². The van der Waals surface area contributed by atoms with E-state index in [-0.39, 0.29) is 24.2 Å². The molecule has 0 saturated carbocycles. The summed E-state index contributed by atoms with van der Waals surface area (Å²) >= 11 is 6.32. The molecule has 2 aromatic carbocycles. The molecule has 1 saturated heterocycles. The predicted octanol–water partition coefficient (Wildman–Crippen LogP) is 3.13. The molecule has 2 aromatic rings. The number of ether oxygens (including phenoxy) is 2. The Morgan fingerprint density at radius 1 is 1.06 bits per heavy atom. The number of methoxy groups -OCH3 is 1. The highest BCUT2D eigenvalue weighted by Gasteiger charge is 2.32. The lowest BCUT2D eigenvalue weighted by Crippen LogP contribution is -2.51. The van der Waals surface area contributed by atoms with Gasteiger partial charge in [0.15, 0.2) is 0 Å². The molecule has 1 atom stereocenters. The number of rotatable bonds is 10. The molecule has 1 aliphatic heterocycles. The van der Waals surface area contributed by atoms with Crippen molar-refractivity contribution in [2.45, 2.75) is 19.1 Å². The van der Waals surface area contributed by atoms with Crippen molar-refractivity contribution >= 4 is 23.5 Å². The molecule has 1 aliphatic rings. The molecule has 0 spiro atoms. The molecule has 0 radical (unpaired) electrons. The highest BCUT2D eigenvalue weighted by molar-refractivity contribution is 6.31. The van der Waals surface area contributed by atoms with E-state index in [1.807, 2.05) is 28.0 Å². The summed E-state index contributed by atoms with van der Waals surface area (Å²) in [5.41, 5.74) is 1.61. The van der Waals surface area contributed by atoms with Gasteiger partial charge in [0.2, 0.25) is 5.91 Å². The van der Waals surface area contributed by atoms with Crippen molar-refractivity contribution in [3.05, 3.63) is 64.7 Å². The first kappa shape index (κ1) is 25.9. The zero-order chi connectivity index (χ0) is 24.5. The van der Waals surface area contributed by atoms with E-state index in [4.69, 9.17) is 16.3 Å². The van der Waals surface area contributed by atoms with Crippen LogP contribution in [-0.4, -0.2) is 74.7 Å². The van der Waals surface area contributed by atoms with E-state index in [2.05, 4.69) is 10.1 Å². The maximum atomic E-state index is 12.5. The first-order valence-electron chi connectivity index (χ1n) is 11.0. The molecule has 1 unspecified atom stereocenters. The lowest BCUT2D eigenvalue weighted by Gasteiger charge is -2.38. The van der Waals surface area contributed by atoms with Crippen LogP contribution in [0.15, 0.2) is 48.5 Å². The molecule has 34 heavy (non-hydrogen) atoms. The van der Waals surface area contributed by atoms with Gasteiger partial charge >= 0.3 is 12.6 Å². The Balaban J connectivity index is 1.44. The summed E-state index contributed by atoms with van der Waals surface area (Å²) in [4.78, 5) is 28.9. The summed E-state index contributed by atoms with van der Waals surface area (Å²) in [7, 11) is 1.36. The number of hydrogen-bond acceptors (Lipinski definition) is 6. The highest BCUT2D eigenvalue weighted by Crippen LogP contribution is 2.29. The third-order valence-corrected chi connectivity index (χ3v) is 5.99. The lowest BCUT2D eigenvalue weighted by atomic mass is 10.0. The number of nitrogens with one attached hydrogen (secondary N) is 1. The molecule has 0 aliphatic carbocycles. The Kier molecular flexibility index (Phi) is 9.62. The summed E-state index contributed by atoms with van der Waals surface area (Å²) in [6.45, 7) is 0.258. The maximum Gasteiger partial charge on any atom is 0.387 e. The molecular weight excluding hydrogens is 468 g/mol. The summed E-state index contributed by atoms with van der Waals surface area (Å²) < 4.78 is 33.8. The van der Waals surface area contributed by atoms with Gasteiger partial charge in [-0.25, -0.2) is 4.79 Å². The van der Waals surface area contributed by atoms with Crippen molar-refractivity contribution in [2.75, 3.05) is 46.4 Å². The van der Waals surface area contributed by atoms with E-state index in [9.17, 15) is 18.4 Å². The van der Waals surface area contributed by atoms with Crippen LogP contribution in [0.25, 0.3) is 0 Å². The number of halogens is 3. The van der Waals surface area contributed by atoms with Crippen LogP contribution in [0.3, 0.4) is 0 Å². The average Bonchev–Trinajstić information content (AvgIpc) is 2.82. The fraction of sp³-hybridized carbons (Fsp3) is 0.417. The minimum atomic E-state index is -2.85. The summed E-state index contributed by atoms with van der Waals surface area (Å²) in [6, 6.07) is 13.0. The molecule has 0 bridgehead atoms. The molecule has 7 nitrogen and oxygen atoms in total. The molecule has 184 valence electrons. The van der Waals surface area contributed by atoms with Gasteiger partial charge in [-0.15, -0.1) is 0 Å². The smallest absolute Gasteiger partial charge is 0.387 e. The third kappa shape index (κ3) is 7.38. The van der Waals surface area contributed by atoms with Crippen LogP contribution in [-0.2, 0) is 20.7 Å². The first-order chi connectivity index (χ1) is 16.4. The fourth-order valence-electron chi connectivity index (χ4n) is 3.90. The van der Waals surface area contributed by atoms with Crippen LogP contribution < -0.4 is 10.1 Å². The van der Waals surface area contributed by atoms with Crippen LogP contribution in [0.5, 0.6) is 5.75 Å². The van der Waals surface area contributed by atoms with Gasteiger partial charge in [0.25, 0.3) is 0 Å². The Morgan fingerprint density at radius 2 is 1.74 bits per heavy atom. The topological polar surface area (TPSA) is 71.1 Å². The second kappa shape index (κ2) is 12.6. The predicted molar refractivity (Wildman–Crippen MR) is 124 cm³/mol. The number of esters is 1. The van der Waals surface area contributed by atoms with Crippen molar-refractivity contribution in [2.24, 2.45) is 0 Å². The van der Waals surface area contributed by atoms with Crippen LogP contribution in [0, 0.1) is 0 Å². The molecule has 1 fully saturated rings. The second-order valence-corrected chi connectivity index (χ2v) is 8.29. The monoisotopic (exact) mass is 495 g/mol. The van der Waals surface area contributed by atoms with Crippen molar-refractivity contribution in [1.82, 2.24) is 15.1 Å². The zero-order valence-electron chi connectivity index (χ0n) is 18.9. The van der Waals surface area contributed by atoms with Crippen LogP contribution in [0.4, 0.5) is 8.78 Å². The Bertz CT molecular complexity index is 953. The average molecular weight is 496 g/mol. The van der Waals surface area contributed by atoms with Gasteiger partial charge in [-0.2, -0.15) is 8.78 Å². The van der Waals surface area contributed by atoms with Crippen LogP contribution >= 0.6 is 11.6 Å². The minimum absolute atomic E-state index is 0.0956. The van der Waals surface area contributed by atoms with Crippen molar-refractivity contribution in [3.8, 4) is 5.75 Å². The number of nitrogens with zero attached hydrogens (tertiary/aromatic N) is 2. The SMILES string of the molecule is COC(=O)C(c1ccccc1Cl)N1CCN(CC(=O)NCCc2ccc(OC(F)F)cc2)CC1. The minimum Gasteiger partial charge on any atom is -0.468 e. The van der Waals surface area contributed by atoms with E-state index in [0.717, 1.165) is 5.56 Å². The van der Waals surface area contributed by atoms with Crippen LogP contribution in [0.2, 0.25) is 5.02 Å². The standard InChI is InChI=1S/C24H28ClF2N3O4/c1-33-23(32)22(19-4-2-3-5-20(19)25)30-14-12-29(13-15-30)16-21(31)28-11-10-17-6-8-18(9-7-17)34-24(26)27/h2-9,22,24H,10-16H2,1H3,(H,28,31).